The van der Waals surface area contributed by atoms with Gasteiger partial charge in [0.25, 0.3) is 0 Å². The van der Waals surface area contributed by atoms with E-state index >= 15 is 0 Å². The van der Waals surface area contributed by atoms with Gasteiger partial charge in [-0.05, 0) is 32.0 Å². The van der Waals surface area contributed by atoms with Crippen molar-refractivity contribution < 1.29 is 22.3 Å². The number of aliphatic hydroxyl groups is 1. The first-order chi connectivity index (χ1) is 7.22. The highest BCUT2D eigenvalue weighted by Crippen LogP contribution is 2.25. The van der Waals surface area contributed by atoms with Crippen molar-refractivity contribution in [3.63, 3.8) is 0 Å². The van der Waals surface area contributed by atoms with Crippen LogP contribution < -0.4 is 0 Å². The average molecular weight is 250 g/mol. The van der Waals surface area contributed by atoms with Crippen LogP contribution in [0.15, 0.2) is 23.1 Å². The first-order valence-corrected chi connectivity index (χ1v) is 6.01. The molecular weight excluding hydrogens is 238 g/mol. The Kier molecular flexibility index (Phi) is 3.35. The molecule has 90 valence electrons. The molecule has 0 unspecified atom stereocenters. The van der Waals surface area contributed by atoms with Crippen LogP contribution in [0.5, 0.6) is 0 Å². The summed E-state index contributed by atoms with van der Waals surface area (Å²) in [6.07, 6.45) is 0. The molecule has 0 bridgehead atoms. The van der Waals surface area contributed by atoms with Crippen LogP contribution in [0.4, 0.5) is 8.78 Å². The fourth-order valence-electron chi connectivity index (χ4n) is 1.05. The lowest BCUT2D eigenvalue weighted by molar-refractivity contribution is 0.258. The molecule has 0 radical (unpaired) electrons. The molecule has 0 aliphatic heterocycles. The first-order valence-electron chi connectivity index (χ1n) is 4.53. The fourth-order valence-corrected chi connectivity index (χ4v) is 2.36. The highest BCUT2D eigenvalue weighted by Gasteiger charge is 2.35. The van der Waals surface area contributed by atoms with Gasteiger partial charge in [0.1, 0.15) is 0 Å². The third-order valence-corrected chi connectivity index (χ3v) is 4.77. The van der Waals surface area contributed by atoms with E-state index in [2.05, 4.69) is 0 Å². The maximum atomic E-state index is 12.9. The highest BCUT2D eigenvalue weighted by atomic mass is 32.2. The van der Waals surface area contributed by atoms with Crippen molar-refractivity contribution in [1.29, 1.82) is 0 Å². The Morgan fingerprint density at radius 2 is 1.81 bits per heavy atom. The molecule has 0 aliphatic rings. The van der Waals surface area contributed by atoms with Gasteiger partial charge < -0.3 is 5.11 Å². The molecule has 1 aromatic rings. The third kappa shape index (κ3) is 2.08. The van der Waals surface area contributed by atoms with Gasteiger partial charge in [0.2, 0.25) is 0 Å². The van der Waals surface area contributed by atoms with Crippen molar-refractivity contribution in [3.8, 4) is 0 Å². The van der Waals surface area contributed by atoms with Gasteiger partial charge in [-0.25, -0.2) is 17.2 Å². The molecule has 0 atom stereocenters. The normalized spacial score (nSPS) is 12.8. The zero-order chi connectivity index (χ0) is 12.6. The summed E-state index contributed by atoms with van der Waals surface area (Å²) in [6, 6.07) is 2.34. The molecule has 1 rings (SSSR count). The number of aliphatic hydroxyl groups excluding tert-OH is 1. The number of benzene rings is 1. The molecule has 0 aliphatic carbocycles. The lowest BCUT2D eigenvalue weighted by Crippen LogP contribution is -2.35. The number of hydrogen-bond donors (Lipinski definition) is 1. The smallest absolute Gasteiger partial charge is 0.185 e. The Labute approximate surface area is 92.6 Å². The van der Waals surface area contributed by atoms with E-state index in [0.717, 1.165) is 12.1 Å². The number of halogens is 2. The van der Waals surface area contributed by atoms with Crippen LogP contribution in [-0.2, 0) is 9.84 Å². The van der Waals surface area contributed by atoms with Crippen molar-refractivity contribution >= 4 is 9.84 Å². The molecule has 0 saturated carbocycles. The van der Waals surface area contributed by atoms with E-state index in [-0.39, 0.29) is 4.90 Å². The van der Waals surface area contributed by atoms with Crippen molar-refractivity contribution in [1.82, 2.24) is 0 Å². The lowest BCUT2D eigenvalue weighted by atomic mass is 10.2. The predicted molar refractivity (Wildman–Crippen MR) is 54.7 cm³/mol. The maximum absolute atomic E-state index is 12.9. The van der Waals surface area contributed by atoms with Gasteiger partial charge in [0.05, 0.1) is 16.2 Å². The Balaban J connectivity index is 3.34. The summed E-state index contributed by atoms with van der Waals surface area (Å²) in [6.45, 7) is 2.02. The summed E-state index contributed by atoms with van der Waals surface area (Å²) in [5.74, 6) is -2.34. The van der Waals surface area contributed by atoms with Gasteiger partial charge in [0, 0.05) is 0 Å². The van der Waals surface area contributed by atoms with Crippen LogP contribution in [0, 0.1) is 11.6 Å². The largest absolute Gasteiger partial charge is 0.395 e. The molecule has 0 aromatic heterocycles. The van der Waals surface area contributed by atoms with Crippen LogP contribution in [0.25, 0.3) is 0 Å². The fraction of sp³-hybridized carbons (Fsp3) is 0.400. The highest BCUT2D eigenvalue weighted by molar-refractivity contribution is 7.92. The van der Waals surface area contributed by atoms with Gasteiger partial charge in [-0.2, -0.15) is 0 Å². The predicted octanol–water partition coefficient (Wildman–Crippen LogP) is 1.51. The van der Waals surface area contributed by atoms with Gasteiger partial charge in [-0.15, -0.1) is 0 Å². The standard InChI is InChI=1S/C10H12F2O3S/c1-10(2,6-13)16(14,15)7-3-4-8(11)9(12)5-7/h3-5,13H,6H2,1-2H3. The summed E-state index contributed by atoms with van der Waals surface area (Å²) in [7, 11) is -3.88. The Morgan fingerprint density at radius 3 is 2.25 bits per heavy atom. The van der Waals surface area contributed by atoms with E-state index in [4.69, 9.17) is 5.11 Å². The summed E-state index contributed by atoms with van der Waals surface area (Å²) < 4.78 is 47.9. The second-order valence-corrected chi connectivity index (χ2v) is 6.58. The average Bonchev–Trinajstić information content (AvgIpc) is 2.21. The number of rotatable bonds is 3. The molecule has 3 nitrogen and oxygen atoms in total. The van der Waals surface area contributed by atoms with Crippen molar-refractivity contribution in [2.24, 2.45) is 0 Å². The van der Waals surface area contributed by atoms with E-state index in [1.807, 2.05) is 0 Å². The zero-order valence-electron chi connectivity index (χ0n) is 8.87. The van der Waals surface area contributed by atoms with Gasteiger partial charge >= 0.3 is 0 Å². The van der Waals surface area contributed by atoms with E-state index < -0.39 is 32.8 Å². The van der Waals surface area contributed by atoms with Crippen molar-refractivity contribution in [3.05, 3.63) is 29.8 Å². The molecule has 0 fully saturated rings. The summed E-state index contributed by atoms with van der Waals surface area (Å²) >= 11 is 0. The topological polar surface area (TPSA) is 54.4 Å². The maximum Gasteiger partial charge on any atom is 0.185 e. The van der Waals surface area contributed by atoms with Crippen LogP contribution in [0.1, 0.15) is 13.8 Å². The molecule has 1 N–H and O–H groups in total. The molecule has 6 heteroatoms. The van der Waals surface area contributed by atoms with Gasteiger partial charge in [-0.3, -0.25) is 0 Å². The van der Waals surface area contributed by atoms with Crippen LogP contribution >= 0.6 is 0 Å². The van der Waals surface area contributed by atoms with Crippen molar-refractivity contribution in [2.45, 2.75) is 23.5 Å². The molecule has 16 heavy (non-hydrogen) atoms. The second-order valence-electron chi connectivity index (χ2n) is 4.00. The lowest BCUT2D eigenvalue weighted by Gasteiger charge is -2.21. The molecule has 0 spiro atoms. The monoisotopic (exact) mass is 250 g/mol. The Morgan fingerprint density at radius 1 is 1.25 bits per heavy atom. The summed E-state index contributed by atoms with van der Waals surface area (Å²) in [5, 5.41) is 8.97. The van der Waals surface area contributed by atoms with E-state index in [1.54, 1.807) is 0 Å². The minimum atomic E-state index is -3.88. The minimum absolute atomic E-state index is 0.342. The molecule has 1 aromatic carbocycles. The molecule has 0 amide bonds. The quantitative estimate of drug-likeness (QED) is 0.827. The van der Waals surface area contributed by atoms with E-state index in [9.17, 15) is 17.2 Å². The zero-order valence-corrected chi connectivity index (χ0v) is 9.68. The third-order valence-electron chi connectivity index (χ3n) is 2.31. The van der Waals surface area contributed by atoms with Crippen LogP contribution in [-0.4, -0.2) is 24.9 Å². The summed E-state index contributed by atoms with van der Waals surface area (Å²) in [5.41, 5.74) is 0. The van der Waals surface area contributed by atoms with Gasteiger partial charge in [0.15, 0.2) is 21.5 Å². The van der Waals surface area contributed by atoms with Crippen LogP contribution in [0.3, 0.4) is 0 Å². The minimum Gasteiger partial charge on any atom is -0.395 e. The molecule has 0 saturated heterocycles. The van der Waals surface area contributed by atoms with Crippen molar-refractivity contribution in [2.75, 3.05) is 6.61 Å². The Bertz CT molecular complexity index is 495. The van der Waals surface area contributed by atoms with Gasteiger partial charge in [-0.1, -0.05) is 0 Å². The van der Waals surface area contributed by atoms with E-state index in [0.29, 0.717) is 6.07 Å². The SMILES string of the molecule is CC(C)(CO)S(=O)(=O)c1ccc(F)c(F)c1. The molecular formula is C10H12F2O3S. The molecule has 0 heterocycles. The first kappa shape index (κ1) is 13.1. The number of hydrogen-bond acceptors (Lipinski definition) is 3. The summed E-state index contributed by atoms with van der Waals surface area (Å²) in [4.78, 5) is -0.342. The second kappa shape index (κ2) is 4.10. The van der Waals surface area contributed by atoms with Crippen LogP contribution in [0.2, 0.25) is 0 Å². The number of sulfone groups is 1. The Hall–Kier alpha value is -1.01. The van der Waals surface area contributed by atoms with E-state index in [1.165, 1.54) is 13.8 Å².